The van der Waals surface area contributed by atoms with Crippen molar-refractivity contribution in [2.45, 2.75) is 45.1 Å². The molecule has 8 heteroatoms. The Bertz CT molecular complexity index is 973. The third-order valence-electron chi connectivity index (χ3n) is 5.03. The van der Waals surface area contributed by atoms with Crippen molar-refractivity contribution >= 4 is 11.6 Å². The Labute approximate surface area is 175 Å². The van der Waals surface area contributed by atoms with E-state index >= 15 is 0 Å². The first-order chi connectivity index (χ1) is 14.7. The Morgan fingerprint density at radius 2 is 2.00 bits per heavy atom. The monoisotopic (exact) mass is 407 g/mol. The molecule has 0 bridgehead atoms. The second-order valence-electron chi connectivity index (χ2n) is 7.34. The molecule has 1 amide bonds. The summed E-state index contributed by atoms with van der Waals surface area (Å²) in [7, 11) is 0. The molecule has 1 unspecified atom stereocenters. The summed E-state index contributed by atoms with van der Waals surface area (Å²) in [6.45, 7) is 2.49. The lowest BCUT2D eigenvalue weighted by molar-refractivity contribution is -0.115. The molecule has 0 aliphatic carbocycles. The number of fused-ring (bicyclic) bond motifs is 1. The summed E-state index contributed by atoms with van der Waals surface area (Å²) >= 11 is 0. The number of aromatic amines is 1. The molecule has 8 nitrogen and oxygen atoms in total. The zero-order chi connectivity index (χ0) is 20.8. The number of aryl methyl sites for hydroxylation is 1. The molecule has 1 aromatic heterocycles. The van der Waals surface area contributed by atoms with E-state index in [0.717, 1.165) is 12.0 Å². The highest BCUT2D eigenvalue weighted by atomic mass is 16.6. The Morgan fingerprint density at radius 1 is 1.17 bits per heavy atom. The number of ether oxygens (including phenoxy) is 2. The van der Waals surface area contributed by atoms with Gasteiger partial charge < -0.3 is 14.8 Å². The van der Waals surface area contributed by atoms with Crippen molar-refractivity contribution < 1.29 is 14.3 Å². The molecule has 1 atom stereocenters. The molecular formula is C22H25N5O3. The maximum atomic E-state index is 12.6. The number of benzene rings is 2. The zero-order valence-electron chi connectivity index (χ0n) is 16.9. The number of aromatic nitrogens is 4. The minimum Gasteiger partial charge on any atom is -0.485 e. The van der Waals surface area contributed by atoms with Crippen molar-refractivity contribution in [3.63, 3.8) is 0 Å². The SMILES string of the molecule is CCCCCc1ccc(CC(=O)Nc2cccc3c2OC(c2nnn[nH]2)CO3)cc1. The number of carbonyl (C=O) groups excluding carboxylic acids is 1. The number of hydrogen-bond donors (Lipinski definition) is 2. The molecule has 2 N–H and O–H groups in total. The Balaban J connectivity index is 1.39. The van der Waals surface area contributed by atoms with E-state index in [1.54, 1.807) is 12.1 Å². The van der Waals surface area contributed by atoms with E-state index in [0.29, 0.717) is 23.0 Å². The van der Waals surface area contributed by atoms with Crippen LogP contribution in [0.3, 0.4) is 0 Å². The van der Waals surface area contributed by atoms with E-state index < -0.39 is 6.10 Å². The van der Waals surface area contributed by atoms with Gasteiger partial charge in [0.1, 0.15) is 6.61 Å². The summed E-state index contributed by atoms with van der Waals surface area (Å²) in [5.74, 6) is 1.41. The quantitative estimate of drug-likeness (QED) is 0.553. The third-order valence-corrected chi connectivity index (χ3v) is 5.03. The first-order valence-electron chi connectivity index (χ1n) is 10.3. The lowest BCUT2D eigenvalue weighted by Gasteiger charge is -2.26. The summed E-state index contributed by atoms with van der Waals surface area (Å²) in [4.78, 5) is 12.6. The van der Waals surface area contributed by atoms with Gasteiger partial charge in [-0.2, -0.15) is 0 Å². The molecule has 3 aromatic rings. The van der Waals surface area contributed by atoms with Crippen LogP contribution in [0.15, 0.2) is 42.5 Å². The van der Waals surface area contributed by atoms with Crippen molar-refractivity contribution in [1.29, 1.82) is 0 Å². The van der Waals surface area contributed by atoms with Crippen LogP contribution in [-0.4, -0.2) is 33.1 Å². The van der Waals surface area contributed by atoms with Gasteiger partial charge in [0.25, 0.3) is 0 Å². The van der Waals surface area contributed by atoms with Gasteiger partial charge in [0.2, 0.25) is 5.91 Å². The fraction of sp³-hybridized carbons (Fsp3) is 0.364. The van der Waals surface area contributed by atoms with Crippen molar-refractivity contribution in [2.75, 3.05) is 11.9 Å². The van der Waals surface area contributed by atoms with Gasteiger partial charge in [-0.3, -0.25) is 4.79 Å². The fourth-order valence-electron chi connectivity index (χ4n) is 3.41. The van der Waals surface area contributed by atoms with Crippen LogP contribution in [0.4, 0.5) is 5.69 Å². The highest BCUT2D eigenvalue weighted by molar-refractivity contribution is 5.94. The largest absolute Gasteiger partial charge is 0.485 e. The minimum absolute atomic E-state index is 0.116. The summed E-state index contributed by atoms with van der Waals surface area (Å²) < 4.78 is 11.8. The van der Waals surface area contributed by atoms with Crippen LogP contribution >= 0.6 is 0 Å². The van der Waals surface area contributed by atoms with Crippen LogP contribution in [-0.2, 0) is 17.6 Å². The van der Waals surface area contributed by atoms with E-state index in [9.17, 15) is 4.79 Å². The van der Waals surface area contributed by atoms with Crippen LogP contribution in [0.25, 0.3) is 0 Å². The van der Waals surface area contributed by atoms with Crippen LogP contribution < -0.4 is 14.8 Å². The highest BCUT2D eigenvalue weighted by Crippen LogP contribution is 2.41. The van der Waals surface area contributed by atoms with Gasteiger partial charge in [0, 0.05) is 0 Å². The summed E-state index contributed by atoms with van der Waals surface area (Å²) in [5, 5.41) is 16.6. The average molecular weight is 407 g/mol. The zero-order valence-corrected chi connectivity index (χ0v) is 16.9. The molecule has 2 aromatic carbocycles. The van der Waals surface area contributed by atoms with Crippen molar-refractivity contribution in [2.24, 2.45) is 0 Å². The number of amides is 1. The number of nitrogens with one attached hydrogen (secondary N) is 2. The van der Waals surface area contributed by atoms with E-state index in [1.165, 1.54) is 24.8 Å². The molecule has 30 heavy (non-hydrogen) atoms. The van der Waals surface area contributed by atoms with E-state index in [-0.39, 0.29) is 18.9 Å². The molecule has 156 valence electrons. The van der Waals surface area contributed by atoms with Crippen LogP contribution in [0.1, 0.15) is 49.2 Å². The molecular weight excluding hydrogens is 382 g/mol. The number of tetrazole rings is 1. The number of carbonyl (C=O) groups is 1. The number of nitrogens with zero attached hydrogens (tertiary/aromatic N) is 3. The van der Waals surface area contributed by atoms with Gasteiger partial charge in [-0.1, -0.05) is 50.1 Å². The Morgan fingerprint density at radius 3 is 2.77 bits per heavy atom. The standard InChI is InChI=1S/C22H25N5O3/c1-2-3-4-6-15-9-11-16(12-10-15)13-20(28)23-17-7-5-8-18-21(17)30-19(14-29-18)22-24-26-27-25-22/h5,7-12,19H,2-4,6,13-14H2,1H3,(H,23,28)(H,24,25,26,27). The molecule has 0 saturated heterocycles. The maximum Gasteiger partial charge on any atom is 0.228 e. The van der Waals surface area contributed by atoms with Crippen LogP contribution in [0.5, 0.6) is 11.5 Å². The smallest absolute Gasteiger partial charge is 0.228 e. The summed E-state index contributed by atoms with van der Waals surface area (Å²) in [5.41, 5.74) is 2.84. The first kappa shape index (κ1) is 19.9. The third kappa shape index (κ3) is 4.76. The van der Waals surface area contributed by atoms with Gasteiger partial charge in [-0.05, 0) is 46.5 Å². The maximum absolute atomic E-state index is 12.6. The van der Waals surface area contributed by atoms with E-state index in [2.05, 4.69) is 45.0 Å². The Kier molecular flexibility index (Phi) is 6.22. The second-order valence-corrected chi connectivity index (χ2v) is 7.34. The van der Waals surface area contributed by atoms with E-state index in [1.807, 2.05) is 18.2 Å². The molecule has 0 spiro atoms. The average Bonchev–Trinajstić information content (AvgIpc) is 3.30. The predicted molar refractivity (Wildman–Crippen MR) is 111 cm³/mol. The van der Waals surface area contributed by atoms with Gasteiger partial charge >= 0.3 is 0 Å². The minimum atomic E-state index is -0.467. The number of unbranched alkanes of at least 4 members (excludes halogenated alkanes) is 2. The van der Waals surface area contributed by atoms with E-state index in [4.69, 9.17) is 9.47 Å². The van der Waals surface area contributed by atoms with Crippen molar-refractivity contribution in [1.82, 2.24) is 20.6 Å². The number of anilines is 1. The summed E-state index contributed by atoms with van der Waals surface area (Å²) in [6, 6.07) is 13.7. The highest BCUT2D eigenvalue weighted by Gasteiger charge is 2.27. The summed E-state index contributed by atoms with van der Waals surface area (Å²) in [6.07, 6.45) is 4.55. The molecule has 1 aliphatic heterocycles. The topological polar surface area (TPSA) is 102 Å². The normalized spacial score (nSPS) is 15.0. The van der Waals surface area contributed by atoms with Gasteiger partial charge in [0.15, 0.2) is 23.4 Å². The van der Waals surface area contributed by atoms with Crippen LogP contribution in [0.2, 0.25) is 0 Å². The molecule has 4 rings (SSSR count). The number of hydrogen-bond acceptors (Lipinski definition) is 6. The molecule has 1 aliphatic rings. The lowest BCUT2D eigenvalue weighted by atomic mass is 10.0. The van der Waals surface area contributed by atoms with Crippen molar-refractivity contribution in [3.05, 3.63) is 59.4 Å². The predicted octanol–water partition coefficient (Wildman–Crippen LogP) is 3.63. The first-order valence-corrected chi connectivity index (χ1v) is 10.3. The Hall–Kier alpha value is -3.42. The lowest BCUT2D eigenvalue weighted by Crippen LogP contribution is -2.24. The molecule has 0 fully saturated rings. The van der Waals surface area contributed by atoms with Crippen molar-refractivity contribution in [3.8, 4) is 11.5 Å². The molecule has 0 radical (unpaired) electrons. The number of para-hydroxylation sites is 1. The fourth-order valence-corrected chi connectivity index (χ4v) is 3.41. The van der Waals surface area contributed by atoms with Gasteiger partial charge in [-0.15, -0.1) is 5.10 Å². The number of H-pyrrole nitrogens is 1. The van der Waals surface area contributed by atoms with Crippen LogP contribution in [0, 0.1) is 0 Å². The van der Waals surface area contributed by atoms with Gasteiger partial charge in [0.05, 0.1) is 12.1 Å². The second kappa shape index (κ2) is 9.39. The molecule has 0 saturated carbocycles. The number of rotatable bonds is 8. The molecule has 2 heterocycles. The van der Waals surface area contributed by atoms with Gasteiger partial charge in [-0.25, -0.2) is 5.10 Å².